The maximum atomic E-state index is 4.16. The number of rotatable bonds is 0. The SMILES string of the molecule is CC1=[N+]=CC2CC12. The van der Waals surface area contributed by atoms with E-state index in [2.05, 4.69) is 17.8 Å². The van der Waals surface area contributed by atoms with Gasteiger partial charge in [-0.15, -0.1) is 4.67 Å². The van der Waals surface area contributed by atoms with Gasteiger partial charge in [0, 0.05) is 6.92 Å². The molecule has 0 saturated heterocycles. The van der Waals surface area contributed by atoms with Crippen LogP contribution in [0.1, 0.15) is 13.3 Å². The van der Waals surface area contributed by atoms with Crippen molar-refractivity contribution in [2.45, 2.75) is 13.3 Å². The maximum Gasteiger partial charge on any atom is 0.281 e. The summed E-state index contributed by atoms with van der Waals surface area (Å²) in [6.07, 6.45) is 3.47. The molecular formula is C6H8N+. The molecule has 0 bridgehead atoms. The van der Waals surface area contributed by atoms with Gasteiger partial charge in [-0.1, -0.05) is 0 Å². The molecule has 7 heavy (non-hydrogen) atoms. The summed E-state index contributed by atoms with van der Waals surface area (Å²) in [7, 11) is 0. The zero-order chi connectivity index (χ0) is 4.85. The Bertz CT molecular complexity index is 163. The van der Waals surface area contributed by atoms with Crippen LogP contribution in [0.2, 0.25) is 0 Å². The van der Waals surface area contributed by atoms with Gasteiger partial charge >= 0.3 is 0 Å². The molecule has 0 amide bonds. The van der Waals surface area contributed by atoms with Gasteiger partial charge in [0.05, 0.1) is 11.8 Å². The molecule has 0 aromatic heterocycles. The normalized spacial score (nSPS) is 43.3. The summed E-state index contributed by atoms with van der Waals surface area (Å²) < 4.78 is 4.16. The van der Waals surface area contributed by atoms with Crippen molar-refractivity contribution in [3.05, 3.63) is 0 Å². The molecule has 0 aromatic carbocycles. The average molecular weight is 94.1 g/mol. The standard InChI is InChI=1S/C6H8N/c1-4-6-2-5(6)3-7-4/h3,5-6H,2H2,1H3/q+1. The highest BCUT2D eigenvalue weighted by Crippen LogP contribution is 2.38. The largest absolute Gasteiger partial charge is 0.281 e. The molecule has 1 heteroatoms. The van der Waals surface area contributed by atoms with Crippen LogP contribution in [0.15, 0.2) is 0 Å². The molecule has 2 unspecified atom stereocenters. The lowest BCUT2D eigenvalue weighted by atomic mass is 10.3. The molecule has 1 saturated carbocycles. The van der Waals surface area contributed by atoms with Crippen LogP contribution in [0.5, 0.6) is 0 Å². The van der Waals surface area contributed by atoms with Crippen LogP contribution in [0.25, 0.3) is 0 Å². The second-order valence-corrected chi connectivity index (χ2v) is 2.43. The van der Waals surface area contributed by atoms with Crippen LogP contribution in [0, 0.1) is 11.8 Å². The lowest BCUT2D eigenvalue weighted by Gasteiger charge is -1.66. The Morgan fingerprint density at radius 1 is 1.86 bits per heavy atom. The molecule has 2 rings (SSSR count). The monoisotopic (exact) mass is 94.1 g/mol. The minimum atomic E-state index is 0.861. The summed E-state index contributed by atoms with van der Waals surface area (Å²) in [5, 5.41) is 0. The van der Waals surface area contributed by atoms with E-state index in [4.69, 9.17) is 0 Å². The van der Waals surface area contributed by atoms with Crippen molar-refractivity contribution in [1.82, 2.24) is 4.67 Å². The molecule has 2 atom stereocenters. The van der Waals surface area contributed by atoms with E-state index < -0.39 is 0 Å². The number of hydrogen-bond donors (Lipinski definition) is 0. The first kappa shape index (κ1) is 3.45. The lowest BCUT2D eigenvalue weighted by molar-refractivity contribution is 1.14. The smallest absolute Gasteiger partial charge is 0.107 e. The highest BCUT2D eigenvalue weighted by atomic mass is 14.7. The fourth-order valence-corrected chi connectivity index (χ4v) is 1.17. The van der Waals surface area contributed by atoms with Crippen LogP contribution < -0.4 is 4.67 Å². The van der Waals surface area contributed by atoms with Crippen molar-refractivity contribution in [3.8, 4) is 0 Å². The molecule has 0 aromatic rings. The molecule has 36 valence electrons. The van der Waals surface area contributed by atoms with Gasteiger partial charge in [-0.3, -0.25) is 0 Å². The van der Waals surface area contributed by atoms with E-state index in [-0.39, 0.29) is 0 Å². The Hall–Kier alpha value is -0.550. The molecular weight excluding hydrogens is 86.1 g/mol. The first-order chi connectivity index (χ1) is 3.38. The Labute approximate surface area is 42.8 Å². The van der Waals surface area contributed by atoms with Crippen molar-refractivity contribution in [1.29, 1.82) is 0 Å². The van der Waals surface area contributed by atoms with Gasteiger partial charge in [0.1, 0.15) is 0 Å². The molecule has 1 heterocycles. The van der Waals surface area contributed by atoms with E-state index >= 15 is 0 Å². The van der Waals surface area contributed by atoms with E-state index in [1.54, 1.807) is 0 Å². The Kier molecular flexibility index (Phi) is 0.406. The summed E-state index contributed by atoms with van der Waals surface area (Å²) in [6.45, 7) is 2.12. The number of hydrogen-bond acceptors (Lipinski definition) is 0. The van der Waals surface area contributed by atoms with Gasteiger partial charge in [0.2, 0.25) is 0 Å². The molecule has 1 aliphatic heterocycles. The summed E-state index contributed by atoms with van der Waals surface area (Å²) in [4.78, 5) is 0. The Balaban J connectivity index is 2.40. The van der Waals surface area contributed by atoms with Gasteiger partial charge < -0.3 is 0 Å². The zero-order valence-corrected chi connectivity index (χ0v) is 4.39. The third-order valence-electron chi connectivity index (χ3n) is 1.85. The minimum absolute atomic E-state index is 0.861. The van der Waals surface area contributed by atoms with Crippen LogP contribution in [0.4, 0.5) is 0 Å². The van der Waals surface area contributed by atoms with Crippen LogP contribution >= 0.6 is 0 Å². The highest BCUT2D eigenvalue weighted by molar-refractivity contribution is 5.96. The summed E-state index contributed by atoms with van der Waals surface area (Å²) >= 11 is 0. The van der Waals surface area contributed by atoms with E-state index in [1.807, 2.05) is 0 Å². The first-order valence-electron chi connectivity index (χ1n) is 2.75. The summed E-state index contributed by atoms with van der Waals surface area (Å²) in [6, 6.07) is 0. The second-order valence-electron chi connectivity index (χ2n) is 2.43. The second kappa shape index (κ2) is 0.823. The fourth-order valence-electron chi connectivity index (χ4n) is 1.17. The van der Waals surface area contributed by atoms with Gasteiger partial charge in [-0.05, 0) is 6.42 Å². The number of fused-ring (bicyclic) bond motifs is 1. The van der Waals surface area contributed by atoms with E-state index in [0.29, 0.717) is 0 Å². The van der Waals surface area contributed by atoms with Crippen molar-refractivity contribution in [2.75, 3.05) is 0 Å². The number of nitrogens with zero attached hydrogens (tertiary/aromatic N) is 1. The maximum absolute atomic E-state index is 4.16. The van der Waals surface area contributed by atoms with Crippen LogP contribution in [-0.2, 0) is 0 Å². The summed E-state index contributed by atoms with van der Waals surface area (Å²) in [5.74, 6) is 1.74. The van der Waals surface area contributed by atoms with Crippen molar-refractivity contribution < 1.29 is 0 Å². The molecule has 0 spiro atoms. The molecule has 0 radical (unpaired) electrons. The third kappa shape index (κ3) is 0.311. The molecule has 1 fully saturated rings. The van der Waals surface area contributed by atoms with Gasteiger partial charge in [0.15, 0.2) is 0 Å². The van der Waals surface area contributed by atoms with Gasteiger partial charge in [0.25, 0.3) is 11.9 Å². The average Bonchev–Trinajstić information content (AvgIpc) is 2.33. The van der Waals surface area contributed by atoms with E-state index in [1.165, 1.54) is 12.1 Å². The molecule has 0 N–H and O–H groups in total. The minimum Gasteiger partial charge on any atom is -0.107 e. The van der Waals surface area contributed by atoms with Crippen molar-refractivity contribution in [2.24, 2.45) is 11.8 Å². The topological polar surface area (TPSA) is 14.1 Å². The Morgan fingerprint density at radius 3 is 2.86 bits per heavy atom. The molecule has 1 aliphatic carbocycles. The predicted octanol–water partition coefficient (Wildman–Crippen LogP) is 0.235. The zero-order valence-electron chi connectivity index (χ0n) is 4.39. The predicted molar refractivity (Wildman–Crippen MR) is 30.5 cm³/mol. The van der Waals surface area contributed by atoms with Crippen molar-refractivity contribution in [3.63, 3.8) is 0 Å². The Morgan fingerprint density at radius 2 is 2.71 bits per heavy atom. The van der Waals surface area contributed by atoms with Crippen molar-refractivity contribution >= 4 is 11.9 Å². The molecule has 1 nitrogen and oxygen atoms in total. The van der Waals surface area contributed by atoms with Crippen LogP contribution in [-0.4, -0.2) is 11.9 Å². The highest BCUT2D eigenvalue weighted by Gasteiger charge is 2.49. The van der Waals surface area contributed by atoms with E-state index in [0.717, 1.165) is 11.8 Å². The first-order valence-corrected chi connectivity index (χ1v) is 2.75. The van der Waals surface area contributed by atoms with Gasteiger partial charge in [-0.25, -0.2) is 0 Å². The van der Waals surface area contributed by atoms with E-state index in [9.17, 15) is 0 Å². The van der Waals surface area contributed by atoms with Crippen LogP contribution in [0.3, 0.4) is 0 Å². The quantitative estimate of drug-likeness (QED) is 0.382. The fraction of sp³-hybridized carbons (Fsp3) is 0.667. The molecule has 2 aliphatic rings. The summed E-state index contributed by atoms with van der Waals surface area (Å²) in [5.41, 5.74) is 1.35. The lowest BCUT2D eigenvalue weighted by Crippen LogP contribution is -1.92. The third-order valence-corrected chi connectivity index (χ3v) is 1.85. The van der Waals surface area contributed by atoms with Gasteiger partial charge in [-0.2, -0.15) is 0 Å².